The lowest BCUT2D eigenvalue weighted by molar-refractivity contribution is -0.110. The van der Waals surface area contributed by atoms with E-state index < -0.39 is 0 Å². The van der Waals surface area contributed by atoms with Gasteiger partial charge in [0.05, 0.1) is 5.60 Å². The number of rotatable bonds is 2. The molecule has 20 heavy (non-hydrogen) atoms. The highest BCUT2D eigenvalue weighted by molar-refractivity contribution is 4.99. The average molecular weight is 278 g/mol. The highest BCUT2D eigenvalue weighted by Crippen LogP contribution is 2.39. The zero-order valence-corrected chi connectivity index (χ0v) is 12.8. The van der Waals surface area contributed by atoms with E-state index in [9.17, 15) is 0 Å². The highest BCUT2D eigenvalue weighted by Gasteiger charge is 2.42. The maximum Gasteiger partial charge on any atom is 0.0697 e. The Morgan fingerprint density at radius 1 is 0.950 bits per heavy atom. The molecule has 3 aliphatic heterocycles. The van der Waals surface area contributed by atoms with Crippen molar-refractivity contribution in [1.29, 1.82) is 0 Å². The third kappa shape index (κ3) is 2.53. The summed E-state index contributed by atoms with van der Waals surface area (Å²) in [4.78, 5) is 2.72. The van der Waals surface area contributed by atoms with Crippen LogP contribution in [0.2, 0.25) is 0 Å². The van der Waals surface area contributed by atoms with E-state index in [4.69, 9.17) is 4.74 Å². The van der Waals surface area contributed by atoms with Gasteiger partial charge in [-0.25, -0.2) is 0 Å². The Labute approximate surface area is 123 Å². The maximum absolute atomic E-state index is 6.24. The minimum absolute atomic E-state index is 0.252. The quantitative estimate of drug-likeness (QED) is 0.840. The minimum Gasteiger partial charge on any atom is -0.375 e. The summed E-state index contributed by atoms with van der Waals surface area (Å²) in [6.45, 7) is 3.66. The maximum atomic E-state index is 6.24. The van der Waals surface area contributed by atoms with Gasteiger partial charge in [-0.2, -0.15) is 0 Å². The van der Waals surface area contributed by atoms with E-state index in [1.807, 2.05) is 0 Å². The third-order valence-electron chi connectivity index (χ3n) is 6.31. The van der Waals surface area contributed by atoms with E-state index in [2.05, 4.69) is 10.2 Å². The number of ether oxygens (including phenoxy) is 1. The molecule has 3 heteroatoms. The predicted molar refractivity (Wildman–Crippen MR) is 80.9 cm³/mol. The van der Waals surface area contributed by atoms with Crippen molar-refractivity contribution >= 4 is 0 Å². The second-order valence-electron chi connectivity index (χ2n) is 7.59. The largest absolute Gasteiger partial charge is 0.375 e. The van der Waals surface area contributed by atoms with E-state index in [0.29, 0.717) is 6.04 Å². The monoisotopic (exact) mass is 278 g/mol. The molecule has 4 fully saturated rings. The fraction of sp³-hybridized carbons (Fsp3) is 1.00. The standard InChI is InChI=1S/C17H30N2O/c1-2-8-17(9-3-1)13-14(7-12-20-17)18-15-6-11-19-10-4-5-16(15)19/h14-16,18H,1-13H2. The number of hydrogen-bond donors (Lipinski definition) is 1. The zero-order valence-electron chi connectivity index (χ0n) is 12.8. The molecular weight excluding hydrogens is 248 g/mol. The van der Waals surface area contributed by atoms with Gasteiger partial charge in [-0.1, -0.05) is 19.3 Å². The molecule has 0 aromatic carbocycles. The normalized spacial score (nSPS) is 41.1. The van der Waals surface area contributed by atoms with Gasteiger partial charge in [-0.15, -0.1) is 0 Å². The summed E-state index contributed by atoms with van der Waals surface area (Å²) in [6, 6.07) is 2.33. The molecular formula is C17H30N2O. The smallest absolute Gasteiger partial charge is 0.0697 e. The van der Waals surface area contributed by atoms with Gasteiger partial charge in [0.15, 0.2) is 0 Å². The SMILES string of the molecule is C1CCC2(CC1)CC(NC1CCN3CCCC13)CCO2. The van der Waals surface area contributed by atoms with E-state index in [-0.39, 0.29) is 5.60 Å². The second kappa shape index (κ2) is 5.58. The molecule has 1 aliphatic carbocycles. The highest BCUT2D eigenvalue weighted by atomic mass is 16.5. The Morgan fingerprint density at radius 2 is 1.85 bits per heavy atom. The van der Waals surface area contributed by atoms with Gasteiger partial charge in [-0.05, 0) is 51.5 Å². The number of fused-ring (bicyclic) bond motifs is 1. The summed E-state index contributed by atoms with van der Waals surface area (Å²) in [6.07, 6.45) is 13.5. The summed E-state index contributed by atoms with van der Waals surface area (Å²) < 4.78 is 6.24. The van der Waals surface area contributed by atoms with Gasteiger partial charge in [-0.3, -0.25) is 4.90 Å². The van der Waals surface area contributed by atoms with Crippen LogP contribution in [0.3, 0.4) is 0 Å². The summed E-state index contributed by atoms with van der Waals surface area (Å²) in [5.41, 5.74) is 0.252. The van der Waals surface area contributed by atoms with Crippen LogP contribution in [0.25, 0.3) is 0 Å². The molecule has 3 heterocycles. The first-order chi connectivity index (χ1) is 9.85. The van der Waals surface area contributed by atoms with E-state index in [0.717, 1.165) is 18.7 Å². The van der Waals surface area contributed by atoms with E-state index in [1.165, 1.54) is 77.3 Å². The first kappa shape index (κ1) is 13.5. The van der Waals surface area contributed by atoms with Crippen LogP contribution in [0.5, 0.6) is 0 Å². The molecule has 0 aromatic rings. The van der Waals surface area contributed by atoms with Gasteiger partial charge in [0.25, 0.3) is 0 Å². The lowest BCUT2D eigenvalue weighted by atomic mass is 9.78. The summed E-state index contributed by atoms with van der Waals surface area (Å²) >= 11 is 0. The molecule has 4 rings (SSSR count). The van der Waals surface area contributed by atoms with Crippen molar-refractivity contribution < 1.29 is 4.74 Å². The Bertz CT molecular complexity index is 334. The van der Waals surface area contributed by atoms with Crippen molar-refractivity contribution in [2.75, 3.05) is 19.7 Å². The molecule has 3 saturated heterocycles. The molecule has 3 nitrogen and oxygen atoms in total. The Balaban J connectivity index is 1.36. The van der Waals surface area contributed by atoms with E-state index >= 15 is 0 Å². The molecule has 1 saturated carbocycles. The van der Waals surface area contributed by atoms with Gasteiger partial charge in [0, 0.05) is 31.3 Å². The summed E-state index contributed by atoms with van der Waals surface area (Å²) in [7, 11) is 0. The number of hydrogen-bond acceptors (Lipinski definition) is 3. The van der Waals surface area contributed by atoms with Crippen LogP contribution < -0.4 is 5.32 Å². The zero-order chi connectivity index (χ0) is 13.4. The van der Waals surface area contributed by atoms with Crippen LogP contribution in [0, 0.1) is 0 Å². The van der Waals surface area contributed by atoms with Crippen molar-refractivity contribution in [3.63, 3.8) is 0 Å². The first-order valence-electron chi connectivity index (χ1n) is 8.99. The summed E-state index contributed by atoms with van der Waals surface area (Å²) in [5, 5.41) is 4.04. The molecule has 0 amide bonds. The Hall–Kier alpha value is -0.120. The van der Waals surface area contributed by atoms with Crippen LogP contribution in [-0.4, -0.2) is 48.3 Å². The molecule has 1 N–H and O–H groups in total. The third-order valence-corrected chi connectivity index (χ3v) is 6.31. The first-order valence-corrected chi connectivity index (χ1v) is 8.99. The van der Waals surface area contributed by atoms with Gasteiger partial charge >= 0.3 is 0 Å². The minimum atomic E-state index is 0.252. The molecule has 3 unspecified atom stereocenters. The second-order valence-corrected chi connectivity index (χ2v) is 7.59. The van der Waals surface area contributed by atoms with Crippen molar-refractivity contribution in [1.82, 2.24) is 10.2 Å². The van der Waals surface area contributed by atoms with Crippen LogP contribution >= 0.6 is 0 Å². The molecule has 1 spiro atoms. The van der Waals surface area contributed by atoms with Crippen molar-refractivity contribution in [2.45, 2.75) is 87.9 Å². The van der Waals surface area contributed by atoms with E-state index in [1.54, 1.807) is 0 Å². The van der Waals surface area contributed by atoms with Crippen LogP contribution in [0.1, 0.15) is 64.2 Å². The lowest BCUT2D eigenvalue weighted by Crippen LogP contribution is -2.52. The molecule has 0 bridgehead atoms. The van der Waals surface area contributed by atoms with Gasteiger partial charge in [0.2, 0.25) is 0 Å². The topological polar surface area (TPSA) is 24.5 Å². The van der Waals surface area contributed by atoms with Crippen LogP contribution in [0.15, 0.2) is 0 Å². The predicted octanol–water partition coefficient (Wildman–Crippen LogP) is 2.69. The van der Waals surface area contributed by atoms with Crippen LogP contribution in [-0.2, 0) is 4.74 Å². The number of nitrogens with one attached hydrogen (secondary N) is 1. The number of nitrogens with zero attached hydrogens (tertiary/aromatic N) is 1. The van der Waals surface area contributed by atoms with Crippen molar-refractivity contribution in [3.8, 4) is 0 Å². The Kier molecular flexibility index (Phi) is 3.78. The summed E-state index contributed by atoms with van der Waals surface area (Å²) in [5.74, 6) is 0. The Morgan fingerprint density at radius 3 is 2.75 bits per heavy atom. The fourth-order valence-corrected chi connectivity index (χ4v) is 5.29. The van der Waals surface area contributed by atoms with Gasteiger partial charge < -0.3 is 10.1 Å². The molecule has 3 atom stereocenters. The average Bonchev–Trinajstić information content (AvgIpc) is 3.05. The molecule has 114 valence electrons. The molecule has 0 aromatic heterocycles. The molecule has 0 radical (unpaired) electrons. The van der Waals surface area contributed by atoms with Crippen LogP contribution in [0.4, 0.5) is 0 Å². The fourth-order valence-electron chi connectivity index (χ4n) is 5.29. The lowest BCUT2D eigenvalue weighted by Gasteiger charge is -2.44. The van der Waals surface area contributed by atoms with Gasteiger partial charge in [0.1, 0.15) is 0 Å². The van der Waals surface area contributed by atoms with Crippen molar-refractivity contribution in [3.05, 3.63) is 0 Å². The van der Waals surface area contributed by atoms with Crippen molar-refractivity contribution in [2.24, 2.45) is 0 Å². The molecule has 4 aliphatic rings.